The number of nitrogens with zero attached hydrogens (tertiary/aromatic N) is 1. The summed E-state index contributed by atoms with van der Waals surface area (Å²) in [6.45, 7) is 3.97. The smallest absolute Gasteiger partial charge is 0.253 e. The third kappa shape index (κ3) is 4.64. The zero-order valence-corrected chi connectivity index (χ0v) is 15.7. The number of hydrogen-bond donors (Lipinski definition) is 2. The highest BCUT2D eigenvalue weighted by atomic mass is 16.5. The molecule has 2 aromatic carbocycles. The zero-order valence-electron chi connectivity index (χ0n) is 15.7. The number of carbonyl (C=O) groups is 1. The van der Waals surface area contributed by atoms with E-state index in [0.29, 0.717) is 5.56 Å². The Balaban J connectivity index is 1.75. The molecule has 3 aromatic rings. The number of aromatic nitrogens is 1. The summed E-state index contributed by atoms with van der Waals surface area (Å²) in [4.78, 5) is 16.8. The van der Waals surface area contributed by atoms with Crippen LogP contribution in [0, 0.1) is 6.92 Å². The van der Waals surface area contributed by atoms with Gasteiger partial charge >= 0.3 is 0 Å². The second kappa shape index (κ2) is 8.36. The molecule has 1 atom stereocenters. The lowest BCUT2D eigenvalue weighted by atomic mass is 10.1. The van der Waals surface area contributed by atoms with Gasteiger partial charge in [-0.2, -0.15) is 0 Å². The second-order valence-electron chi connectivity index (χ2n) is 6.40. The van der Waals surface area contributed by atoms with E-state index in [4.69, 9.17) is 4.74 Å². The molecule has 0 saturated heterocycles. The number of amides is 1. The van der Waals surface area contributed by atoms with Gasteiger partial charge in [0.15, 0.2) is 0 Å². The first-order chi connectivity index (χ1) is 13.1. The summed E-state index contributed by atoms with van der Waals surface area (Å²) < 4.78 is 5.39. The monoisotopic (exact) mass is 361 g/mol. The van der Waals surface area contributed by atoms with Gasteiger partial charge in [0.2, 0.25) is 0 Å². The minimum atomic E-state index is -0.168. The number of nitrogens with one attached hydrogen (secondary N) is 2. The summed E-state index contributed by atoms with van der Waals surface area (Å²) in [6.07, 6.45) is 3.24. The highest BCUT2D eigenvalue weighted by Crippen LogP contribution is 2.28. The van der Waals surface area contributed by atoms with Crippen molar-refractivity contribution in [2.75, 3.05) is 12.4 Å². The number of hydrogen-bond acceptors (Lipinski definition) is 4. The number of ether oxygens (including phenoxy) is 1. The Morgan fingerprint density at radius 1 is 1.07 bits per heavy atom. The van der Waals surface area contributed by atoms with Crippen molar-refractivity contribution in [3.63, 3.8) is 0 Å². The van der Waals surface area contributed by atoms with E-state index in [1.807, 2.05) is 62.4 Å². The van der Waals surface area contributed by atoms with Gasteiger partial charge < -0.3 is 15.4 Å². The number of carbonyl (C=O) groups excluding carboxylic acids is 1. The maximum Gasteiger partial charge on any atom is 0.253 e. The molecule has 0 spiro atoms. The first-order valence-corrected chi connectivity index (χ1v) is 8.79. The van der Waals surface area contributed by atoms with E-state index in [-0.39, 0.29) is 11.9 Å². The normalized spacial score (nSPS) is 11.5. The molecule has 1 heterocycles. The Morgan fingerprint density at radius 3 is 2.59 bits per heavy atom. The molecule has 1 aromatic heterocycles. The highest BCUT2D eigenvalue weighted by molar-refractivity contribution is 5.95. The van der Waals surface area contributed by atoms with Crippen LogP contribution in [0.1, 0.15) is 34.5 Å². The molecule has 0 aliphatic rings. The summed E-state index contributed by atoms with van der Waals surface area (Å²) in [5.41, 5.74) is 4.21. The van der Waals surface area contributed by atoms with Gasteiger partial charge in [-0.25, -0.2) is 0 Å². The molecule has 0 aliphatic heterocycles. The average molecular weight is 361 g/mol. The Kier molecular flexibility index (Phi) is 5.71. The van der Waals surface area contributed by atoms with Crippen LogP contribution in [0.2, 0.25) is 0 Å². The van der Waals surface area contributed by atoms with Crippen LogP contribution in [0.5, 0.6) is 5.75 Å². The molecule has 0 radical (unpaired) electrons. The fourth-order valence-corrected chi connectivity index (χ4v) is 2.81. The van der Waals surface area contributed by atoms with E-state index < -0.39 is 0 Å². The van der Waals surface area contributed by atoms with E-state index in [0.717, 1.165) is 28.3 Å². The van der Waals surface area contributed by atoms with Crippen LogP contribution in [0.3, 0.4) is 0 Å². The van der Waals surface area contributed by atoms with Crippen molar-refractivity contribution in [3.8, 4) is 5.75 Å². The molecule has 0 fully saturated rings. The van der Waals surface area contributed by atoms with E-state index in [9.17, 15) is 4.79 Å². The summed E-state index contributed by atoms with van der Waals surface area (Å²) >= 11 is 0. The highest BCUT2D eigenvalue weighted by Gasteiger charge is 2.13. The summed E-state index contributed by atoms with van der Waals surface area (Å²) in [5, 5.41) is 6.28. The molecule has 5 heteroatoms. The minimum Gasteiger partial charge on any atom is -0.495 e. The van der Waals surface area contributed by atoms with Crippen LogP contribution in [-0.2, 0) is 0 Å². The van der Waals surface area contributed by atoms with Crippen molar-refractivity contribution in [2.24, 2.45) is 0 Å². The number of benzene rings is 2. The van der Waals surface area contributed by atoms with Gasteiger partial charge in [0.25, 0.3) is 5.91 Å². The van der Waals surface area contributed by atoms with Crippen molar-refractivity contribution < 1.29 is 9.53 Å². The molecule has 0 saturated carbocycles. The topological polar surface area (TPSA) is 63.2 Å². The van der Waals surface area contributed by atoms with Gasteiger partial charge in [0.05, 0.1) is 36.3 Å². The van der Waals surface area contributed by atoms with E-state index in [1.54, 1.807) is 25.6 Å². The molecule has 5 nitrogen and oxygen atoms in total. The fraction of sp³-hybridized carbons (Fsp3) is 0.182. The Labute approximate surface area is 159 Å². The Morgan fingerprint density at radius 2 is 1.85 bits per heavy atom. The van der Waals surface area contributed by atoms with Crippen molar-refractivity contribution in [1.29, 1.82) is 0 Å². The molecule has 27 heavy (non-hydrogen) atoms. The molecule has 138 valence electrons. The largest absolute Gasteiger partial charge is 0.495 e. The number of aryl methyl sites for hydroxylation is 1. The predicted molar refractivity (Wildman–Crippen MR) is 108 cm³/mol. The molecule has 0 bridgehead atoms. The molecule has 3 rings (SSSR count). The first kappa shape index (κ1) is 18.5. The van der Waals surface area contributed by atoms with E-state index >= 15 is 0 Å². The third-order valence-corrected chi connectivity index (χ3v) is 4.28. The van der Waals surface area contributed by atoms with Crippen molar-refractivity contribution in [3.05, 3.63) is 83.7 Å². The summed E-state index contributed by atoms with van der Waals surface area (Å²) in [7, 11) is 1.63. The van der Waals surface area contributed by atoms with Crippen molar-refractivity contribution >= 4 is 17.3 Å². The lowest BCUT2D eigenvalue weighted by molar-refractivity contribution is 0.0939. The number of rotatable bonds is 6. The molecule has 2 N–H and O–H groups in total. The second-order valence-corrected chi connectivity index (χ2v) is 6.40. The van der Waals surface area contributed by atoms with Crippen LogP contribution < -0.4 is 15.4 Å². The van der Waals surface area contributed by atoms with Crippen LogP contribution in [0.15, 0.2) is 67.0 Å². The number of pyridine rings is 1. The van der Waals surface area contributed by atoms with E-state index in [2.05, 4.69) is 15.6 Å². The van der Waals surface area contributed by atoms with Gasteiger partial charge in [-0.1, -0.05) is 36.4 Å². The number of methoxy groups -OCH3 is 1. The van der Waals surface area contributed by atoms with Gasteiger partial charge in [0, 0.05) is 6.20 Å². The summed E-state index contributed by atoms with van der Waals surface area (Å²) in [5.74, 6) is 0.562. The third-order valence-electron chi connectivity index (χ3n) is 4.28. The molecule has 1 amide bonds. The molecular formula is C22H23N3O2. The Hall–Kier alpha value is -3.34. The van der Waals surface area contributed by atoms with Crippen LogP contribution in [0.4, 0.5) is 11.4 Å². The zero-order chi connectivity index (χ0) is 19.2. The average Bonchev–Trinajstić information content (AvgIpc) is 2.69. The van der Waals surface area contributed by atoms with Crippen molar-refractivity contribution in [1.82, 2.24) is 10.3 Å². The van der Waals surface area contributed by atoms with Gasteiger partial charge in [-0.3, -0.25) is 9.78 Å². The quantitative estimate of drug-likeness (QED) is 0.672. The van der Waals surface area contributed by atoms with Gasteiger partial charge in [-0.05, 0) is 43.2 Å². The molecule has 1 unspecified atom stereocenters. The maximum absolute atomic E-state index is 12.6. The van der Waals surface area contributed by atoms with E-state index in [1.165, 1.54) is 0 Å². The lowest BCUT2D eigenvalue weighted by Gasteiger charge is -2.15. The lowest BCUT2D eigenvalue weighted by Crippen LogP contribution is -2.26. The number of anilines is 2. The van der Waals surface area contributed by atoms with Crippen LogP contribution in [-0.4, -0.2) is 18.0 Å². The summed E-state index contributed by atoms with van der Waals surface area (Å²) in [6, 6.07) is 17.4. The fourth-order valence-electron chi connectivity index (χ4n) is 2.81. The minimum absolute atomic E-state index is 0.0906. The predicted octanol–water partition coefficient (Wildman–Crippen LogP) is 4.63. The Bertz CT molecular complexity index is 926. The van der Waals surface area contributed by atoms with Crippen molar-refractivity contribution in [2.45, 2.75) is 19.9 Å². The maximum atomic E-state index is 12.6. The van der Waals surface area contributed by atoms with Gasteiger partial charge in [-0.15, -0.1) is 0 Å². The standard InChI is InChI=1S/C22H23N3O2/c1-15-9-10-21(27-3)20(11-15)25-19-12-18(13-23-14-19)22(26)24-16(2)17-7-5-4-6-8-17/h4-14,16,25H,1-3H3,(H,24,26). The SMILES string of the molecule is COc1ccc(C)cc1Nc1cncc(C(=O)NC(C)c2ccccc2)c1. The first-order valence-electron chi connectivity index (χ1n) is 8.79. The van der Waals surface area contributed by atoms with Gasteiger partial charge in [0.1, 0.15) is 5.75 Å². The van der Waals surface area contributed by atoms with Crippen LogP contribution >= 0.6 is 0 Å². The molecular weight excluding hydrogens is 338 g/mol. The molecule has 0 aliphatic carbocycles. The van der Waals surface area contributed by atoms with Crippen LogP contribution in [0.25, 0.3) is 0 Å².